The number of esters is 2. The van der Waals surface area contributed by atoms with Crippen LogP contribution in [0.5, 0.6) is 5.75 Å². The van der Waals surface area contributed by atoms with Gasteiger partial charge in [0.2, 0.25) is 0 Å². The summed E-state index contributed by atoms with van der Waals surface area (Å²) in [5.74, 6) is -3.15. The summed E-state index contributed by atoms with van der Waals surface area (Å²) in [5.41, 5.74) is 0.375. The molecule has 0 fully saturated rings. The van der Waals surface area contributed by atoms with Crippen molar-refractivity contribution in [1.29, 1.82) is 0 Å². The number of benzene rings is 1. The van der Waals surface area contributed by atoms with Crippen LogP contribution in [0.15, 0.2) is 30.3 Å². The van der Waals surface area contributed by atoms with E-state index in [4.69, 9.17) is 4.74 Å². The number of pyridine rings is 1. The molecule has 0 bridgehead atoms. The minimum Gasteiger partial charge on any atom is -0.481 e. The van der Waals surface area contributed by atoms with Gasteiger partial charge in [0.15, 0.2) is 6.61 Å². The highest BCUT2D eigenvalue weighted by molar-refractivity contribution is 5.90. The number of rotatable bonds is 4. The quantitative estimate of drug-likeness (QED) is 0.656. The molecule has 0 saturated carbocycles. The molecule has 0 radical (unpaired) electrons. The minimum absolute atomic E-state index is 0.191. The minimum atomic E-state index is -5.24. The first kappa shape index (κ1) is 19.5. The zero-order valence-electron chi connectivity index (χ0n) is 14.3. The number of hydrogen-bond donors (Lipinski definition) is 1. The van der Waals surface area contributed by atoms with Crippen LogP contribution in [0.3, 0.4) is 0 Å². The molecule has 9 heteroatoms. The summed E-state index contributed by atoms with van der Waals surface area (Å²) in [5, 5.41) is 3.77. The van der Waals surface area contributed by atoms with Gasteiger partial charge in [-0.25, -0.2) is 14.6 Å². The number of hydrogen-bond acceptors (Lipinski definition) is 6. The van der Waals surface area contributed by atoms with Gasteiger partial charge in [-0.15, -0.1) is 0 Å². The highest BCUT2D eigenvalue weighted by atomic mass is 19.4. The Morgan fingerprint density at radius 1 is 1.12 bits per heavy atom. The van der Waals surface area contributed by atoms with Crippen molar-refractivity contribution in [3.63, 3.8) is 0 Å². The highest BCUT2D eigenvalue weighted by Crippen LogP contribution is 2.26. The molecule has 0 saturated heterocycles. The molecule has 1 aromatic carbocycles. The Morgan fingerprint density at radius 2 is 1.81 bits per heavy atom. The van der Waals surface area contributed by atoms with Crippen LogP contribution in [0, 0.1) is 0 Å². The fourth-order valence-electron chi connectivity index (χ4n) is 2.03. The number of carbonyl (C=O) groups is 2. The molecule has 6 nitrogen and oxygen atoms in total. The highest BCUT2D eigenvalue weighted by Gasteiger charge is 2.42. The van der Waals surface area contributed by atoms with Crippen molar-refractivity contribution >= 4 is 28.7 Å². The van der Waals surface area contributed by atoms with Crippen LogP contribution in [-0.2, 0) is 14.3 Å². The van der Waals surface area contributed by atoms with Crippen LogP contribution in [0.4, 0.5) is 19.0 Å². The smallest absolute Gasteiger partial charge is 0.481 e. The van der Waals surface area contributed by atoms with Gasteiger partial charge in [-0.1, -0.05) is 6.07 Å². The van der Waals surface area contributed by atoms with Crippen molar-refractivity contribution in [2.45, 2.75) is 32.5 Å². The van der Waals surface area contributed by atoms with Crippen molar-refractivity contribution in [2.75, 3.05) is 11.9 Å². The van der Waals surface area contributed by atoms with Gasteiger partial charge in [0.1, 0.15) is 11.6 Å². The van der Waals surface area contributed by atoms with Crippen LogP contribution in [0.1, 0.15) is 20.8 Å². The Bertz CT molecular complexity index is 829. The van der Waals surface area contributed by atoms with E-state index in [1.165, 1.54) is 6.07 Å². The molecule has 2 aromatic rings. The van der Waals surface area contributed by atoms with E-state index in [0.717, 1.165) is 0 Å². The third-order valence-corrected chi connectivity index (χ3v) is 2.98. The molecule has 140 valence electrons. The molecule has 1 aromatic heterocycles. The lowest BCUT2D eigenvalue weighted by Gasteiger charge is -2.21. The van der Waals surface area contributed by atoms with Gasteiger partial charge in [0, 0.05) is 10.9 Å². The summed E-state index contributed by atoms with van der Waals surface area (Å²) in [4.78, 5) is 26.4. The van der Waals surface area contributed by atoms with E-state index in [9.17, 15) is 22.8 Å². The van der Waals surface area contributed by atoms with Crippen molar-refractivity contribution in [2.24, 2.45) is 0 Å². The fourth-order valence-corrected chi connectivity index (χ4v) is 2.03. The second-order valence-corrected chi connectivity index (χ2v) is 6.44. The van der Waals surface area contributed by atoms with E-state index in [0.29, 0.717) is 16.7 Å². The lowest BCUT2D eigenvalue weighted by molar-refractivity contribution is -0.202. The Labute approximate surface area is 147 Å². The van der Waals surface area contributed by atoms with E-state index in [1.54, 1.807) is 24.3 Å². The maximum Gasteiger partial charge on any atom is 0.491 e. The monoisotopic (exact) mass is 370 g/mol. The van der Waals surface area contributed by atoms with Gasteiger partial charge in [0.05, 0.1) is 5.52 Å². The molecule has 0 aliphatic rings. The van der Waals surface area contributed by atoms with E-state index in [2.05, 4.69) is 15.0 Å². The molecule has 26 heavy (non-hydrogen) atoms. The topological polar surface area (TPSA) is 77.5 Å². The number of alkyl halides is 3. The second-order valence-electron chi connectivity index (χ2n) is 6.44. The zero-order chi connectivity index (χ0) is 19.5. The Hall–Kier alpha value is -2.84. The summed E-state index contributed by atoms with van der Waals surface area (Å²) in [6, 6.07) is 8.29. The molecule has 1 heterocycles. The lowest BCUT2D eigenvalue weighted by atomic mass is 10.1. The third-order valence-electron chi connectivity index (χ3n) is 2.98. The van der Waals surface area contributed by atoms with Gasteiger partial charge in [-0.2, -0.15) is 13.2 Å². The standard InChI is InChI=1S/C17H17F3N2O4/c1-16(2,3)22-13-8-7-10-11(21-13)5-4-6-12(10)25-9-14(23)26-15(24)17(18,19)20/h4-8H,9H2,1-3H3,(H,21,22). The molecule has 0 unspecified atom stereocenters. The molecule has 1 N–H and O–H groups in total. The Balaban J connectivity index is 2.10. The number of nitrogens with one attached hydrogen (secondary N) is 1. The van der Waals surface area contributed by atoms with Crippen molar-refractivity contribution < 1.29 is 32.2 Å². The van der Waals surface area contributed by atoms with E-state index in [-0.39, 0.29) is 11.3 Å². The summed E-state index contributed by atoms with van der Waals surface area (Å²) in [6.07, 6.45) is -5.24. The van der Waals surface area contributed by atoms with Gasteiger partial charge in [0.25, 0.3) is 0 Å². The van der Waals surface area contributed by atoms with Crippen LogP contribution in [0.25, 0.3) is 10.9 Å². The molecule has 2 rings (SSSR count). The maximum atomic E-state index is 12.1. The second kappa shape index (κ2) is 7.19. The SMILES string of the molecule is CC(C)(C)Nc1ccc2c(OCC(=O)OC(=O)C(F)(F)F)cccc2n1. The van der Waals surface area contributed by atoms with Gasteiger partial charge in [-0.05, 0) is 45.0 Å². The Kier molecular flexibility index (Phi) is 5.38. The normalized spacial score (nSPS) is 11.9. The van der Waals surface area contributed by atoms with E-state index in [1.807, 2.05) is 20.8 Å². The summed E-state index contributed by atoms with van der Waals surface area (Å²) >= 11 is 0. The molecule has 0 spiro atoms. The molecule has 0 amide bonds. The molecule has 0 atom stereocenters. The van der Waals surface area contributed by atoms with E-state index >= 15 is 0 Å². The van der Waals surface area contributed by atoms with Crippen molar-refractivity contribution in [3.8, 4) is 5.75 Å². The van der Waals surface area contributed by atoms with E-state index < -0.39 is 24.7 Å². The molecule has 0 aliphatic carbocycles. The van der Waals surface area contributed by atoms with Crippen molar-refractivity contribution in [3.05, 3.63) is 30.3 Å². The maximum absolute atomic E-state index is 12.1. The van der Waals surface area contributed by atoms with Crippen LogP contribution < -0.4 is 10.1 Å². The predicted octanol–water partition coefficient (Wildman–Crippen LogP) is 3.46. The number of nitrogens with zero attached hydrogens (tertiary/aromatic N) is 1. The zero-order valence-corrected chi connectivity index (χ0v) is 14.3. The first-order valence-electron chi connectivity index (χ1n) is 7.58. The molecule has 0 aliphatic heterocycles. The summed E-state index contributed by atoms with van der Waals surface area (Å²) < 4.78 is 45.0. The third kappa shape index (κ3) is 5.33. The summed E-state index contributed by atoms with van der Waals surface area (Å²) in [6.45, 7) is 5.09. The van der Waals surface area contributed by atoms with Crippen LogP contribution in [-0.4, -0.2) is 35.2 Å². The number of carbonyl (C=O) groups excluding carboxylic acids is 2. The number of fused-ring (bicyclic) bond motifs is 1. The average molecular weight is 370 g/mol. The number of anilines is 1. The number of aromatic nitrogens is 1. The van der Waals surface area contributed by atoms with Crippen molar-refractivity contribution in [1.82, 2.24) is 4.98 Å². The number of ether oxygens (including phenoxy) is 2. The Morgan fingerprint density at radius 3 is 2.42 bits per heavy atom. The fraction of sp³-hybridized carbons (Fsp3) is 0.353. The van der Waals surface area contributed by atoms with Gasteiger partial charge in [-0.3, -0.25) is 0 Å². The average Bonchev–Trinajstić information content (AvgIpc) is 2.50. The van der Waals surface area contributed by atoms with Crippen LogP contribution >= 0.6 is 0 Å². The van der Waals surface area contributed by atoms with Gasteiger partial charge < -0.3 is 14.8 Å². The van der Waals surface area contributed by atoms with Gasteiger partial charge >= 0.3 is 18.1 Å². The molecular weight excluding hydrogens is 353 g/mol. The van der Waals surface area contributed by atoms with Crippen LogP contribution in [0.2, 0.25) is 0 Å². The number of halogens is 3. The first-order valence-corrected chi connectivity index (χ1v) is 7.58. The first-order chi connectivity index (χ1) is 12.0. The molecular formula is C17H17F3N2O4. The lowest BCUT2D eigenvalue weighted by Crippen LogP contribution is -2.30. The largest absolute Gasteiger partial charge is 0.491 e. The summed E-state index contributed by atoms with van der Waals surface area (Å²) in [7, 11) is 0. The predicted molar refractivity (Wildman–Crippen MR) is 87.8 cm³/mol.